The number of hydrogen-bond donors (Lipinski definition) is 0. The summed E-state index contributed by atoms with van der Waals surface area (Å²) in [5.41, 5.74) is 0. The normalized spacial score (nSPS) is 8.43. The van der Waals surface area contributed by atoms with Crippen LogP contribution in [-0.2, 0) is 50.3 Å². The number of carboxylic acids is 3. The smallest absolute Gasteiger partial charge is 0.550 e. The fourth-order valence-electron chi connectivity index (χ4n) is 0.823. The molecule has 0 aliphatic rings. The van der Waals surface area contributed by atoms with E-state index >= 15 is 0 Å². The van der Waals surface area contributed by atoms with Crippen molar-refractivity contribution in [2.45, 2.75) is 80.6 Å². The van der Waals surface area contributed by atoms with E-state index in [1.54, 1.807) is 12.7 Å². The molecule has 0 bridgehead atoms. The van der Waals surface area contributed by atoms with Crippen LogP contribution in [0.2, 0.25) is 0 Å². The van der Waals surface area contributed by atoms with Gasteiger partial charge in [0.2, 0.25) is 0 Å². The average molecular weight is 440 g/mol. The molecule has 0 atom stereocenters. The van der Waals surface area contributed by atoms with E-state index in [1.807, 2.05) is 41.5 Å². The molecule has 28 heavy (non-hydrogen) atoms. The van der Waals surface area contributed by atoms with Gasteiger partial charge in [0.25, 0.3) is 0 Å². The van der Waals surface area contributed by atoms with Crippen LogP contribution in [0.15, 0.2) is 12.0 Å². The van der Waals surface area contributed by atoms with Gasteiger partial charge in [-0.2, -0.15) is 0 Å². The first-order valence-electron chi connectivity index (χ1n) is 8.16. The van der Waals surface area contributed by atoms with Crippen LogP contribution in [0.25, 0.3) is 0 Å². The largest absolute Gasteiger partial charge is 4.00 e. The first-order chi connectivity index (χ1) is 12.1. The van der Waals surface area contributed by atoms with E-state index < -0.39 is 17.9 Å². The molecule has 0 heterocycles. The van der Waals surface area contributed by atoms with Crippen LogP contribution < -0.4 is 15.3 Å². The van der Waals surface area contributed by atoms with Gasteiger partial charge in [-0.25, -0.2) is 0 Å². The third-order valence-corrected chi connectivity index (χ3v) is 1.26. The number of rotatable bonds is 7. The summed E-state index contributed by atoms with van der Waals surface area (Å²) < 4.78 is 16.2. The first-order valence-corrected chi connectivity index (χ1v) is 8.16. The van der Waals surface area contributed by atoms with Gasteiger partial charge < -0.3 is 43.9 Å². The van der Waals surface area contributed by atoms with Gasteiger partial charge in [0.1, 0.15) is 5.95 Å². The van der Waals surface area contributed by atoms with E-state index in [0.717, 1.165) is 20.8 Å². The minimum absolute atomic E-state index is 0. The summed E-state index contributed by atoms with van der Waals surface area (Å²) in [6.07, 6.45) is 2.07. The van der Waals surface area contributed by atoms with Gasteiger partial charge in [0, 0.05) is 24.0 Å². The maximum Gasteiger partial charge on any atom is 4.00 e. The molecule has 0 aliphatic carbocycles. The Labute approximate surface area is 182 Å². The van der Waals surface area contributed by atoms with Crippen molar-refractivity contribution in [3.63, 3.8) is 0 Å². The molecule has 162 valence electrons. The van der Waals surface area contributed by atoms with Gasteiger partial charge in [0.05, 0.1) is 12.2 Å². The summed E-state index contributed by atoms with van der Waals surface area (Å²) in [4.78, 5) is 26.7. The van der Waals surface area contributed by atoms with E-state index in [-0.39, 0.29) is 40.0 Å². The van der Waals surface area contributed by atoms with E-state index in [0.29, 0.717) is 5.95 Å². The number of carboxylic acid groups (broad SMARTS) is 3. The standard InChI is InChI=1S/C12H23O3.3C2H4O2.Ti/c1-9(2)13-8-7-12(14-10(3)4)15-11(5)6;3*1-2(3)4;/h7-11H,1-6H3;3*1H3,(H,3,4);/q-1;;;;+4/p-3. The molecule has 0 N–H and O–H groups in total. The van der Waals surface area contributed by atoms with E-state index in [1.165, 1.54) is 0 Å². The maximum absolute atomic E-state index is 8.89. The van der Waals surface area contributed by atoms with Crippen molar-refractivity contribution in [3.8, 4) is 0 Å². The van der Waals surface area contributed by atoms with Gasteiger partial charge in [0.15, 0.2) is 0 Å². The van der Waals surface area contributed by atoms with Crippen molar-refractivity contribution in [3.05, 3.63) is 18.6 Å². The van der Waals surface area contributed by atoms with E-state index in [9.17, 15) is 0 Å². The van der Waals surface area contributed by atoms with Crippen molar-refractivity contribution in [1.82, 2.24) is 0 Å². The minimum Gasteiger partial charge on any atom is -0.550 e. The third kappa shape index (κ3) is 87.2. The molecule has 0 rings (SSSR count). The fraction of sp³-hybridized carbons (Fsp3) is 0.667. The van der Waals surface area contributed by atoms with Gasteiger partial charge in [-0.1, -0.05) is 0 Å². The van der Waals surface area contributed by atoms with Crippen LogP contribution in [0, 0.1) is 6.61 Å². The average Bonchev–Trinajstić information content (AvgIpc) is 2.33. The zero-order valence-corrected chi connectivity index (χ0v) is 19.6. The number of hydrogen-bond acceptors (Lipinski definition) is 9. The Bertz CT molecular complexity index is 367. The predicted octanol–water partition coefficient (Wildman–Crippen LogP) is -0.469. The second-order valence-electron chi connectivity index (χ2n) is 5.61. The first kappa shape index (κ1) is 37.1. The fourth-order valence-corrected chi connectivity index (χ4v) is 0.823. The topological polar surface area (TPSA) is 148 Å². The number of ether oxygens (including phenoxy) is 3. The van der Waals surface area contributed by atoms with Crippen molar-refractivity contribution in [2.24, 2.45) is 0 Å². The quantitative estimate of drug-likeness (QED) is 0.291. The Morgan fingerprint density at radius 2 is 0.964 bits per heavy atom. The molecule has 0 aromatic rings. The SMILES string of the molecule is CC(=O)[O-].CC(=O)[O-].CC(=O)[O-].CC(C)O[CH-]C=C(OC(C)C)OC(C)C.[Ti+4]. The maximum atomic E-state index is 8.89. The summed E-state index contributed by atoms with van der Waals surface area (Å²) in [6.45, 7) is 16.3. The van der Waals surface area contributed by atoms with Crippen molar-refractivity contribution in [2.75, 3.05) is 0 Å². The Kier molecular flexibility index (Phi) is 33.5. The molecule has 0 saturated heterocycles. The molecule has 0 aliphatic heterocycles. The van der Waals surface area contributed by atoms with Crippen molar-refractivity contribution >= 4 is 17.9 Å². The minimum atomic E-state index is -1.08. The Hall–Kier alpha value is -1.71. The molecule has 9 nitrogen and oxygen atoms in total. The summed E-state index contributed by atoms with van der Waals surface area (Å²) in [5, 5.41) is 26.7. The van der Waals surface area contributed by atoms with Gasteiger partial charge >= 0.3 is 21.7 Å². The van der Waals surface area contributed by atoms with Gasteiger partial charge in [-0.15, -0.1) is 12.7 Å². The molecule has 0 saturated carbocycles. The number of carbonyl (C=O) groups is 3. The second-order valence-corrected chi connectivity index (χ2v) is 5.61. The molecule has 0 amide bonds. The van der Waals surface area contributed by atoms with Crippen LogP contribution in [0.3, 0.4) is 0 Å². The van der Waals surface area contributed by atoms with Crippen molar-refractivity contribution < 1.29 is 65.6 Å². The van der Waals surface area contributed by atoms with Crippen LogP contribution in [0.4, 0.5) is 0 Å². The predicted molar refractivity (Wildman–Crippen MR) is 93.1 cm³/mol. The summed E-state index contributed by atoms with van der Waals surface area (Å²) in [6, 6.07) is 0. The molecule has 0 radical (unpaired) electrons. The van der Waals surface area contributed by atoms with Crippen LogP contribution in [0.1, 0.15) is 62.3 Å². The van der Waals surface area contributed by atoms with Gasteiger partial charge in [-0.05, 0) is 62.3 Å². The number of carbonyl (C=O) groups excluding carboxylic acids is 3. The summed E-state index contributed by atoms with van der Waals surface area (Å²) in [5.74, 6) is -2.75. The van der Waals surface area contributed by atoms with Crippen molar-refractivity contribution in [1.29, 1.82) is 0 Å². The molecule has 0 fully saturated rings. The zero-order chi connectivity index (χ0) is 22.6. The van der Waals surface area contributed by atoms with Gasteiger partial charge in [-0.3, -0.25) is 0 Å². The molecule has 0 spiro atoms. The Morgan fingerprint density at radius 1 is 0.714 bits per heavy atom. The summed E-state index contributed by atoms with van der Waals surface area (Å²) in [7, 11) is 0. The van der Waals surface area contributed by atoms with E-state index in [4.69, 9.17) is 43.9 Å². The van der Waals surface area contributed by atoms with Crippen LogP contribution >= 0.6 is 0 Å². The second kappa shape index (κ2) is 25.3. The Morgan fingerprint density at radius 3 is 1.14 bits per heavy atom. The Balaban J connectivity index is -0.000000111. The third-order valence-electron chi connectivity index (χ3n) is 1.26. The molecule has 0 unspecified atom stereocenters. The van der Waals surface area contributed by atoms with E-state index in [2.05, 4.69) is 0 Å². The summed E-state index contributed by atoms with van der Waals surface area (Å²) >= 11 is 0. The molecule has 10 heteroatoms. The molecular weight excluding hydrogens is 408 g/mol. The zero-order valence-electron chi connectivity index (χ0n) is 18.1. The van der Waals surface area contributed by atoms with Crippen LogP contribution in [-0.4, -0.2) is 36.2 Å². The number of aliphatic carboxylic acids is 3. The molecule has 0 aromatic carbocycles. The molecule has 0 aromatic heterocycles. The monoisotopic (exact) mass is 440 g/mol. The van der Waals surface area contributed by atoms with Crippen LogP contribution in [0.5, 0.6) is 0 Å². The molecular formula is C18H32O9Ti.